The van der Waals surface area contributed by atoms with Crippen LogP contribution in [0.4, 0.5) is 0 Å². The molecule has 1 aliphatic heterocycles. The Balaban J connectivity index is 1.91. The van der Waals surface area contributed by atoms with Crippen molar-refractivity contribution in [3.05, 3.63) is 42.0 Å². The van der Waals surface area contributed by atoms with E-state index < -0.39 is 5.60 Å². The molecule has 1 atom stereocenters. The van der Waals surface area contributed by atoms with E-state index in [0.717, 1.165) is 24.2 Å². The number of hydrogen-bond donors (Lipinski definition) is 1. The van der Waals surface area contributed by atoms with Crippen molar-refractivity contribution in [2.24, 2.45) is 0 Å². The first kappa shape index (κ1) is 15.7. The largest absolute Gasteiger partial charge is 0.388 e. The summed E-state index contributed by atoms with van der Waals surface area (Å²) in [7, 11) is 0. The molecule has 1 amide bonds. The fraction of sp³-hybridized carbons (Fsp3) is 0.471. The Labute approximate surface area is 135 Å². The van der Waals surface area contributed by atoms with Crippen molar-refractivity contribution in [1.82, 2.24) is 19.7 Å². The first-order valence-electron chi connectivity index (χ1n) is 7.88. The van der Waals surface area contributed by atoms with Gasteiger partial charge in [0.15, 0.2) is 0 Å². The third kappa shape index (κ3) is 2.86. The lowest BCUT2D eigenvalue weighted by atomic mass is 9.96. The Morgan fingerprint density at radius 2 is 2.04 bits per heavy atom. The Hall–Kier alpha value is -2.21. The Bertz CT molecular complexity index is 703. The zero-order valence-corrected chi connectivity index (χ0v) is 13.7. The number of rotatable bonds is 3. The van der Waals surface area contributed by atoms with Gasteiger partial charge in [0.05, 0.1) is 34.8 Å². The fourth-order valence-electron chi connectivity index (χ4n) is 3.26. The van der Waals surface area contributed by atoms with E-state index in [1.165, 1.54) is 0 Å². The number of amides is 1. The van der Waals surface area contributed by atoms with Gasteiger partial charge in [-0.15, -0.1) is 0 Å². The maximum Gasteiger partial charge on any atom is 0.257 e. The van der Waals surface area contributed by atoms with E-state index in [2.05, 4.69) is 10.1 Å². The normalized spacial score (nSPS) is 18.4. The topological polar surface area (TPSA) is 71.2 Å². The van der Waals surface area contributed by atoms with Crippen molar-refractivity contribution in [3.63, 3.8) is 0 Å². The summed E-state index contributed by atoms with van der Waals surface area (Å²) in [6.07, 6.45) is 6.74. The van der Waals surface area contributed by atoms with E-state index in [9.17, 15) is 9.90 Å². The van der Waals surface area contributed by atoms with Crippen LogP contribution in [0, 0.1) is 6.92 Å². The number of carbonyl (C=O) groups is 1. The monoisotopic (exact) mass is 314 g/mol. The highest BCUT2D eigenvalue weighted by Crippen LogP contribution is 2.29. The summed E-state index contributed by atoms with van der Waals surface area (Å²) in [5.74, 6) is -0.0626. The highest BCUT2D eigenvalue weighted by molar-refractivity contribution is 5.95. The number of nitrogens with zero attached hydrogens (tertiary/aromatic N) is 4. The van der Waals surface area contributed by atoms with E-state index in [0.29, 0.717) is 12.1 Å². The van der Waals surface area contributed by atoms with Crippen molar-refractivity contribution in [2.75, 3.05) is 6.54 Å². The second-order valence-corrected chi connectivity index (χ2v) is 6.57. The van der Waals surface area contributed by atoms with Crippen LogP contribution in [0.5, 0.6) is 0 Å². The summed E-state index contributed by atoms with van der Waals surface area (Å²) in [5, 5.41) is 14.7. The van der Waals surface area contributed by atoms with Crippen LogP contribution in [0.15, 0.2) is 30.7 Å². The molecule has 1 saturated heterocycles. The number of aromatic nitrogens is 3. The van der Waals surface area contributed by atoms with Gasteiger partial charge in [0.1, 0.15) is 0 Å². The minimum Gasteiger partial charge on any atom is -0.388 e. The third-order valence-corrected chi connectivity index (χ3v) is 4.48. The van der Waals surface area contributed by atoms with Gasteiger partial charge in [0.2, 0.25) is 0 Å². The van der Waals surface area contributed by atoms with E-state index >= 15 is 0 Å². The van der Waals surface area contributed by atoms with Crippen LogP contribution >= 0.6 is 0 Å². The lowest BCUT2D eigenvalue weighted by molar-refractivity contribution is 0.000301. The lowest BCUT2D eigenvalue weighted by Crippen LogP contribution is -2.48. The van der Waals surface area contributed by atoms with Crippen molar-refractivity contribution in [2.45, 2.75) is 45.3 Å². The molecule has 2 aromatic rings. The van der Waals surface area contributed by atoms with E-state index in [-0.39, 0.29) is 11.9 Å². The first-order valence-corrected chi connectivity index (χ1v) is 7.88. The van der Waals surface area contributed by atoms with E-state index in [1.807, 2.05) is 19.1 Å². The van der Waals surface area contributed by atoms with Gasteiger partial charge in [-0.05, 0) is 45.7 Å². The Morgan fingerprint density at radius 1 is 1.35 bits per heavy atom. The molecule has 1 aliphatic rings. The molecule has 1 N–H and O–H groups in total. The van der Waals surface area contributed by atoms with Crippen molar-refractivity contribution in [1.29, 1.82) is 0 Å². The van der Waals surface area contributed by atoms with Gasteiger partial charge >= 0.3 is 0 Å². The Morgan fingerprint density at radius 3 is 2.70 bits per heavy atom. The predicted molar refractivity (Wildman–Crippen MR) is 86.5 cm³/mol. The van der Waals surface area contributed by atoms with Gasteiger partial charge in [-0.2, -0.15) is 5.10 Å². The molecule has 0 aromatic carbocycles. The molecule has 122 valence electrons. The van der Waals surface area contributed by atoms with Gasteiger partial charge in [-0.1, -0.05) is 0 Å². The molecule has 6 heteroatoms. The highest BCUT2D eigenvalue weighted by Gasteiger charge is 2.39. The van der Waals surface area contributed by atoms with Crippen LogP contribution in [-0.4, -0.2) is 48.9 Å². The summed E-state index contributed by atoms with van der Waals surface area (Å²) in [4.78, 5) is 18.7. The molecule has 23 heavy (non-hydrogen) atoms. The molecule has 2 aromatic heterocycles. The van der Waals surface area contributed by atoms with E-state index in [1.54, 1.807) is 42.0 Å². The zero-order valence-electron chi connectivity index (χ0n) is 13.7. The van der Waals surface area contributed by atoms with Crippen molar-refractivity contribution >= 4 is 5.91 Å². The van der Waals surface area contributed by atoms with Crippen molar-refractivity contribution in [3.8, 4) is 5.69 Å². The molecule has 0 radical (unpaired) electrons. The van der Waals surface area contributed by atoms with Crippen LogP contribution in [0.3, 0.4) is 0 Å². The summed E-state index contributed by atoms with van der Waals surface area (Å²) in [6.45, 7) is 6.08. The SMILES string of the molecule is Cc1c(C(=O)N2CCCC2C(C)(C)O)cnn1-c1ccncc1. The summed E-state index contributed by atoms with van der Waals surface area (Å²) >= 11 is 0. The van der Waals surface area contributed by atoms with Crippen LogP contribution in [0.1, 0.15) is 42.7 Å². The van der Waals surface area contributed by atoms with Gasteiger partial charge in [-0.3, -0.25) is 9.78 Å². The average molecular weight is 314 g/mol. The van der Waals surface area contributed by atoms with Crippen LogP contribution in [0.2, 0.25) is 0 Å². The van der Waals surface area contributed by atoms with Crippen LogP contribution < -0.4 is 0 Å². The summed E-state index contributed by atoms with van der Waals surface area (Å²) < 4.78 is 1.74. The van der Waals surface area contributed by atoms with Crippen LogP contribution in [0.25, 0.3) is 5.69 Å². The number of likely N-dealkylation sites (tertiary alicyclic amines) is 1. The number of pyridine rings is 1. The second-order valence-electron chi connectivity index (χ2n) is 6.57. The molecule has 1 fully saturated rings. The van der Waals surface area contributed by atoms with E-state index in [4.69, 9.17) is 0 Å². The van der Waals surface area contributed by atoms with Gasteiger partial charge < -0.3 is 10.0 Å². The molecule has 6 nitrogen and oxygen atoms in total. The second kappa shape index (κ2) is 5.77. The summed E-state index contributed by atoms with van der Waals surface area (Å²) in [6, 6.07) is 3.55. The molecule has 3 rings (SSSR count). The molecule has 1 unspecified atom stereocenters. The molecular weight excluding hydrogens is 292 g/mol. The summed E-state index contributed by atoms with van der Waals surface area (Å²) in [5.41, 5.74) is 1.35. The fourth-order valence-corrected chi connectivity index (χ4v) is 3.26. The molecule has 0 saturated carbocycles. The highest BCUT2D eigenvalue weighted by atomic mass is 16.3. The minimum atomic E-state index is -0.902. The van der Waals surface area contributed by atoms with Gasteiger partial charge in [0, 0.05) is 18.9 Å². The van der Waals surface area contributed by atoms with Crippen molar-refractivity contribution < 1.29 is 9.90 Å². The third-order valence-electron chi connectivity index (χ3n) is 4.48. The molecule has 0 bridgehead atoms. The van der Waals surface area contributed by atoms with Gasteiger partial charge in [-0.25, -0.2) is 4.68 Å². The zero-order chi connectivity index (χ0) is 16.6. The van der Waals surface area contributed by atoms with Gasteiger partial charge in [0.25, 0.3) is 5.91 Å². The predicted octanol–water partition coefficient (Wildman–Crippen LogP) is 1.95. The number of aliphatic hydroxyl groups is 1. The maximum atomic E-state index is 12.9. The minimum absolute atomic E-state index is 0.0626. The van der Waals surface area contributed by atoms with Crippen LogP contribution in [-0.2, 0) is 0 Å². The first-order chi connectivity index (χ1) is 10.9. The maximum absolute atomic E-state index is 12.9. The number of hydrogen-bond acceptors (Lipinski definition) is 4. The standard InChI is InChI=1S/C17H22N4O2/c1-12-14(11-19-21(12)13-6-8-18-9-7-13)16(22)20-10-4-5-15(20)17(2,3)23/h6-9,11,15,23H,4-5,10H2,1-3H3. The average Bonchev–Trinajstić information content (AvgIpc) is 3.14. The smallest absolute Gasteiger partial charge is 0.257 e. The quantitative estimate of drug-likeness (QED) is 0.940. The molecule has 3 heterocycles. The molecular formula is C17H22N4O2. The molecule has 0 spiro atoms. The Kier molecular flexibility index (Phi) is 3.93. The molecule has 0 aliphatic carbocycles. The lowest BCUT2D eigenvalue weighted by Gasteiger charge is -2.33. The number of carbonyl (C=O) groups excluding carboxylic acids is 1.